The lowest BCUT2D eigenvalue weighted by molar-refractivity contribution is 0.111. The van der Waals surface area contributed by atoms with Crippen molar-refractivity contribution in [2.75, 3.05) is 13.2 Å². The van der Waals surface area contributed by atoms with Crippen LogP contribution in [-0.2, 0) is 24.6 Å². The van der Waals surface area contributed by atoms with Crippen molar-refractivity contribution in [2.45, 2.75) is 26.7 Å². The zero-order valence-corrected chi connectivity index (χ0v) is 29.2. The number of aliphatic hydroxyl groups excluding tert-OH is 1. The predicted molar refractivity (Wildman–Crippen MR) is 197 cm³/mol. The Balaban J connectivity index is 1.18. The molecule has 1 amide bonds. The van der Waals surface area contributed by atoms with E-state index in [2.05, 4.69) is 21.4 Å². The number of carbonyl (C=O) groups is 2. The summed E-state index contributed by atoms with van der Waals surface area (Å²) in [6.45, 7) is 1.86. The number of alkyl carbamates (subject to hydrolysis) is 1. The number of aromatic nitrogens is 3. The van der Waals surface area contributed by atoms with Crippen LogP contribution in [0.4, 0.5) is 4.79 Å². The van der Waals surface area contributed by atoms with Gasteiger partial charge in [0.15, 0.2) is 6.29 Å². The number of amides is 1. The second kappa shape index (κ2) is 16.6. The van der Waals surface area contributed by atoms with Crippen LogP contribution in [0.3, 0.4) is 0 Å². The van der Waals surface area contributed by atoms with Crippen LogP contribution in [0.25, 0.3) is 27.9 Å². The average Bonchev–Trinajstić information content (AvgIpc) is 3.19. The number of carbonyl (C=O) groups excluding carboxylic acids is 2. The van der Waals surface area contributed by atoms with Gasteiger partial charge in [-0.15, -0.1) is 0 Å². The normalized spacial score (nSPS) is 10.8. The molecule has 3 aromatic carbocycles. The van der Waals surface area contributed by atoms with Crippen molar-refractivity contribution in [2.24, 2.45) is 0 Å². The topological polar surface area (TPSA) is 165 Å². The minimum absolute atomic E-state index is 0.0468. The van der Waals surface area contributed by atoms with Crippen molar-refractivity contribution in [3.63, 3.8) is 0 Å². The van der Waals surface area contributed by atoms with Crippen LogP contribution < -0.4 is 20.3 Å². The van der Waals surface area contributed by atoms with Gasteiger partial charge in [0.25, 0.3) is 5.56 Å². The van der Waals surface area contributed by atoms with E-state index in [-0.39, 0.29) is 60.4 Å². The van der Waals surface area contributed by atoms with E-state index >= 15 is 0 Å². The van der Waals surface area contributed by atoms with E-state index in [1.165, 1.54) is 22.9 Å². The molecular formula is C40H32ClN5O7. The lowest BCUT2D eigenvalue weighted by Gasteiger charge is -2.16. The van der Waals surface area contributed by atoms with Crippen molar-refractivity contribution in [1.82, 2.24) is 19.7 Å². The summed E-state index contributed by atoms with van der Waals surface area (Å²) < 4.78 is 18.5. The predicted octanol–water partition coefficient (Wildman–Crippen LogP) is 6.45. The Morgan fingerprint density at radius 3 is 2.55 bits per heavy atom. The smallest absolute Gasteiger partial charge is 0.407 e. The number of aliphatic hydroxyl groups is 1. The first-order valence-corrected chi connectivity index (χ1v) is 16.7. The number of rotatable bonds is 13. The van der Waals surface area contributed by atoms with Gasteiger partial charge in [-0.1, -0.05) is 48.0 Å². The molecular weight excluding hydrogens is 698 g/mol. The molecule has 0 saturated carbocycles. The van der Waals surface area contributed by atoms with Crippen LogP contribution in [0.15, 0.2) is 102 Å². The van der Waals surface area contributed by atoms with Crippen molar-refractivity contribution < 1.29 is 28.9 Å². The summed E-state index contributed by atoms with van der Waals surface area (Å²) in [5, 5.41) is 20.6. The van der Waals surface area contributed by atoms with Gasteiger partial charge in [0.2, 0.25) is 0 Å². The van der Waals surface area contributed by atoms with Gasteiger partial charge in [0.05, 0.1) is 28.3 Å². The molecule has 0 unspecified atom stereocenters. The first kappa shape index (κ1) is 36.2. The number of halogens is 1. The van der Waals surface area contributed by atoms with E-state index in [1.807, 2.05) is 61.5 Å². The standard InChI is InChI=1S/C40H32ClN5O7/c1-25-31(23-52-37-16-36(32(21-48)14-35(37)41)51-22-27-12-26(17-42)18-43-19-27)6-3-7-34(25)30-5-2-4-28(13-30)29-8-10-46-38(15-29)45-20-33(39(46)49)24-53-40(50)44-9-11-47/h2-8,10,12-16,18-21,47H,9,11,22-24H2,1H3,(H,44,50). The van der Waals surface area contributed by atoms with E-state index in [1.54, 1.807) is 24.5 Å². The molecule has 0 bridgehead atoms. The first-order valence-electron chi connectivity index (χ1n) is 16.4. The summed E-state index contributed by atoms with van der Waals surface area (Å²) in [6.07, 6.45) is 5.99. The summed E-state index contributed by atoms with van der Waals surface area (Å²) >= 11 is 6.50. The molecule has 53 heavy (non-hydrogen) atoms. The zero-order chi connectivity index (χ0) is 37.3. The SMILES string of the molecule is Cc1c(COc2cc(OCc3cncc(C#N)c3)c(C=O)cc2Cl)cccc1-c1cccc(-c2ccn3c(=O)c(COC(=O)NCCO)cnc3c2)c1. The monoisotopic (exact) mass is 729 g/mol. The molecule has 6 aromatic rings. The largest absolute Gasteiger partial charge is 0.488 e. The molecule has 2 N–H and O–H groups in total. The molecule has 0 aliphatic carbocycles. The maximum atomic E-state index is 13.0. The number of nitrogens with zero attached hydrogens (tertiary/aromatic N) is 4. The molecule has 12 nitrogen and oxygen atoms in total. The highest BCUT2D eigenvalue weighted by Crippen LogP contribution is 2.35. The third-order valence-corrected chi connectivity index (χ3v) is 8.66. The molecule has 3 aromatic heterocycles. The molecule has 3 heterocycles. The second-order valence-corrected chi connectivity index (χ2v) is 12.2. The van der Waals surface area contributed by atoms with Gasteiger partial charge in [-0.3, -0.25) is 19.0 Å². The van der Waals surface area contributed by atoms with Crippen molar-refractivity contribution in [3.8, 4) is 39.8 Å². The Morgan fingerprint density at radius 2 is 1.74 bits per heavy atom. The third kappa shape index (κ3) is 8.50. The molecule has 0 aliphatic rings. The van der Waals surface area contributed by atoms with Gasteiger partial charge in [-0.25, -0.2) is 9.78 Å². The van der Waals surface area contributed by atoms with Gasteiger partial charge in [-0.05, 0) is 70.6 Å². The molecule has 0 fully saturated rings. The number of ether oxygens (including phenoxy) is 3. The second-order valence-electron chi connectivity index (χ2n) is 11.8. The Morgan fingerprint density at radius 1 is 0.943 bits per heavy atom. The van der Waals surface area contributed by atoms with E-state index in [0.29, 0.717) is 28.8 Å². The molecule has 0 spiro atoms. The highest BCUT2D eigenvalue weighted by Gasteiger charge is 2.15. The maximum Gasteiger partial charge on any atom is 0.407 e. The number of hydrogen-bond acceptors (Lipinski definition) is 10. The number of fused-ring (bicyclic) bond motifs is 1. The van der Waals surface area contributed by atoms with Gasteiger partial charge in [0, 0.05) is 43.0 Å². The van der Waals surface area contributed by atoms with Crippen LogP contribution in [0.5, 0.6) is 11.5 Å². The molecule has 266 valence electrons. The number of aldehydes is 1. The van der Waals surface area contributed by atoms with Crippen molar-refractivity contribution in [3.05, 3.63) is 146 Å². The van der Waals surface area contributed by atoms with E-state index in [0.717, 1.165) is 33.4 Å². The number of benzene rings is 3. The fraction of sp³-hybridized carbons (Fsp3) is 0.150. The number of pyridine rings is 2. The zero-order valence-electron chi connectivity index (χ0n) is 28.4. The maximum absolute atomic E-state index is 13.0. The van der Waals surface area contributed by atoms with Crippen LogP contribution in [-0.4, -0.2) is 45.0 Å². The fourth-order valence-electron chi connectivity index (χ4n) is 5.58. The molecule has 0 radical (unpaired) electrons. The summed E-state index contributed by atoms with van der Waals surface area (Å²) in [4.78, 5) is 45.0. The summed E-state index contributed by atoms with van der Waals surface area (Å²) in [7, 11) is 0. The molecule has 0 aliphatic heterocycles. The van der Waals surface area contributed by atoms with E-state index < -0.39 is 6.09 Å². The van der Waals surface area contributed by atoms with Gasteiger partial charge in [0.1, 0.15) is 43.0 Å². The van der Waals surface area contributed by atoms with Crippen molar-refractivity contribution >= 4 is 29.6 Å². The Hall–Kier alpha value is -6.55. The molecule has 6 rings (SSSR count). The van der Waals surface area contributed by atoms with Crippen LogP contribution in [0.2, 0.25) is 5.02 Å². The quantitative estimate of drug-likeness (QED) is 0.126. The molecule has 0 saturated heterocycles. The van der Waals surface area contributed by atoms with Crippen LogP contribution >= 0.6 is 11.6 Å². The average molecular weight is 730 g/mol. The van der Waals surface area contributed by atoms with Crippen LogP contribution in [0.1, 0.15) is 38.2 Å². The number of nitriles is 1. The Labute approximate surface area is 308 Å². The minimum atomic E-state index is -0.739. The third-order valence-electron chi connectivity index (χ3n) is 8.37. The highest BCUT2D eigenvalue weighted by atomic mass is 35.5. The van der Waals surface area contributed by atoms with Crippen molar-refractivity contribution in [1.29, 1.82) is 5.26 Å². The van der Waals surface area contributed by atoms with Gasteiger partial charge in [-0.2, -0.15) is 5.26 Å². The lowest BCUT2D eigenvalue weighted by atomic mass is 9.94. The van der Waals surface area contributed by atoms with E-state index in [4.69, 9.17) is 36.2 Å². The Kier molecular flexibility index (Phi) is 11.4. The summed E-state index contributed by atoms with van der Waals surface area (Å²) in [5.74, 6) is 0.627. The fourth-order valence-corrected chi connectivity index (χ4v) is 5.81. The lowest BCUT2D eigenvalue weighted by Crippen LogP contribution is -2.28. The van der Waals surface area contributed by atoms with Gasteiger partial charge < -0.3 is 24.6 Å². The number of nitrogens with one attached hydrogen (secondary N) is 1. The van der Waals surface area contributed by atoms with Gasteiger partial charge >= 0.3 is 6.09 Å². The molecule has 13 heteroatoms. The number of hydrogen-bond donors (Lipinski definition) is 2. The Bertz CT molecular complexity index is 2430. The summed E-state index contributed by atoms with van der Waals surface area (Å²) in [6, 6.07) is 24.4. The minimum Gasteiger partial charge on any atom is -0.488 e. The highest BCUT2D eigenvalue weighted by molar-refractivity contribution is 6.32. The summed E-state index contributed by atoms with van der Waals surface area (Å²) in [5.41, 5.74) is 7.26. The van der Waals surface area contributed by atoms with E-state index in [9.17, 15) is 14.4 Å². The first-order chi connectivity index (χ1) is 25.8. The molecule has 0 atom stereocenters. The van der Waals surface area contributed by atoms with Crippen LogP contribution in [0, 0.1) is 18.3 Å².